The molecule has 0 aliphatic rings. The van der Waals surface area contributed by atoms with E-state index in [0.29, 0.717) is 6.61 Å². The summed E-state index contributed by atoms with van der Waals surface area (Å²) in [5.41, 5.74) is 0.914. The summed E-state index contributed by atoms with van der Waals surface area (Å²) in [6.07, 6.45) is 2.88. The van der Waals surface area contributed by atoms with Crippen LogP contribution in [0.1, 0.15) is 42.1 Å². The van der Waals surface area contributed by atoms with E-state index in [9.17, 15) is 13.8 Å². The number of carbonyl (C=O) groups excluding carboxylic acids is 1. The first-order chi connectivity index (χ1) is 10.0. The number of hydrogen-bond donors (Lipinski definition) is 1. The van der Waals surface area contributed by atoms with Crippen LogP contribution in [0.15, 0.2) is 24.3 Å². The highest BCUT2D eigenvalue weighted by Crippen LogP contribution is 2.07. The molecule has 0 bridgehead atoms. The largest absolute Gasteiger partial charge is 0.478 e. The molecule has 0 saturated carbocycles. The van der Waals surface area contributed by atoms with Crippen molar-refractivity contribution in [3.63, 3.8) is 0 Å². The number of hydrogen-bond acceptors (Lipinski definition) is 4. The molecule has 0 heterocycles. The molecule has 6 heteroatoms. The fourth-order valence-electron chi connectivity index (χ4n) is 1.69. The lowest BCUT2D eigenvalue weighted by Gasteiger charge is -2.05. The van der Waals surface area contributed by atoms with Gasteiger partial charge in [0.15, 0.2) is 0 Å². The summed E-state index contributed by atoms with van der Waals surface area (Å²) in [6.45, 7) is 2.43. The average Bonchev–Trinajstić information content (AvgIpc) is 2.44. The van der Waals surface area contributed by atoms with Gasteiger partial charge in [-0.3, -0.25) is 9.00 Å². The molecule has 1 unspecified atom stereocenters. The predicted octanol–water partition coefficient (Wildman–Crippen LogP) is 2.37. The molecule has 0 amide bonds. The van der Waals surface area contributed by atoms with Crippen LogP contribution >= 0.6 is 0 Å². The number of unbranched alkanes of at least 4 members (excludes halogenated alkanes) is 2. The number of aromatic carboxylic acids is 1. The van der Waals surface area contributed by atoms with Crippen molar-refractivity contribution in [3.8, 4) is 0 Å². The van der Waals surface area contributed by atoms with Gasteiger partial charge in [-0.05, 0) is 24.1 Å². The molecular formula is C15H20O5S. The summed E-state index contributed by atoms with van der Waals surface area (Å²) in [6, 6.07) is 6.12. The number of carbonyl (C=O) groups is 2. The molecule has 116 valence electrons. The molecule has 0 radical (unpaired) electrons. The quantitative estimate of drug-likeness (QED) is 0.559. The Kier molecular flexibility index (Phi) is 7.68. The smallest absolute Gasteiger partial charge is 0.335 e. The maximum atomic E-state index is 11.8. The molecule has 0 fully saturated rings. The number of benzene rings is 1. The molecule has 1 N–H and O–H groups in total. The second-order valence-corrected chi connectivity index (χ2v) is 6.12. The zero-order valence-electron chi connectivity index (χ0n) is 12.0. The van der Waals surface area contributed by atoms with Crippen LogP contribution in [0.2, 0.25) is 0 Å². The zero-order chi connectivity index (χ0) is 15.7. The third kappa shape index (κ3) is 7.04. The molecule has 1 rings (SSSR count). The van der Waals surface area contributed by atoms with Crippen molar-refractivity contribution in [2.75, 3.05) is 12.4 Å². The van der Waals surface area contributed by atoms with Crippen LogP contribution < -0.4 is 0 Å². The van der Waals surface area contributed by atoms with Crippen LogP contribution in [-0.2, 0) is 26.1 Å². The van der Waals surface area contributed by atoms with Gasteiger partial charge in [0.05, 0.1) is 12.2 Å². The van der Waals surface area contributed by atoms with Gasteiger partial charge in [-0.1, -0.05) is 31.9 Å². The third-order valence-corrected chi connectivity index (χ3v) is 4.03. The minimum atomic E-state index is -1.35. The number of rotatable bonds is 9. The van der Waals surface area contributed by atoms with Crippen molar-refractivity contribution < 1.29 is 23.6 Å². The van der Waals surface area contributed by atoms with Crippen molar-refractivity contribution in [3.05, 3.63) is 35.4 Å². The highest BCUT2D eigenvalue weighted by Gasteiger charge is 2.10. The maximum absolute atomic E-state index is 11.8. The summed E-state index contributed by atoms with van der Waals surface area (Å²) < 4.78 is 16.8. The summed E-state index contributed by atoms with van der Waals surface area (Å²) in [5, 5.41) is 8.78. The highest BCUT2D eigenvalue weighted by atomic mass is 32.2. The lowest BCUT2D eigenvalue weighted by atomic mass is 10.1. The Bertz CT molecular complexity index is 495. The molecule has 1 atom stereocenters. The van der Waals surface area contributed by atoms with Crippen LogP contribution in [0.4, 0.5) is 0 Å². The number of carboxylic acids is 1. The first-order valence-corrected chi connectivity index (χ1v) is 8.34. The molecular weight excluding hydrogens is 292 g/mol. The van der Waals surface area contributed by atoms with E-state index in [2.05, 4.69) is 6.92 Å². The SMILES string of the molecule is CCCCCOC(=O)CS(=O)Cc1ccc(C(=O)O)cc1. The van der Waals surface area contributed by atoms with Gasteiger partial charge in [-0.25, -0.2) is 4.79 Å². The Morgan fingerprint density at radius 3 is 2.43 bits per heavy atom. The van der Waals surface area contributed by atoms with Gasteiger partial charge in [0.2, 0.25) is 0 Å². The van der Waals surface area contributed by atoms with E-state index in [4.69, 9.17) is 9.84 Å². The van der Waals surface area contributed by atoms with Crippen LogP contribution in [0.5, 0.6) is 0 Å². The van der Waals surface area contributed by atoms with Crippen molar-refractivity contribution in [1.29, 1.82) is 0 Å². The average molecular weight is 312 g/mol. The lowest BCUT2D eigenvalue weighted by Crippen LogP contribution is -2.16. The zero-order valence-corrected chi connectivity index (χ0v) is 12.9. The van der Waals surface area contributed by atoms with E-state index in [-0.39, 0.29) is 17.1 Å². The Morgan fingerprint density at radius 1 is 1.19 bits per heavy atom. The summed E-state index contributed by atoms with van der Waals surface area (Å²) >= 11 is 0. The molecule has 1 aromatic carbocycles. The second kappa shape index (κ2) is 9.28. The number of esters is 1. The van der Waals surface area contributed by atoms with E-state index < -0.39 is 22.7 Å². The van der Waals surface area contributed by atoms with Gasteiger partial charge >= 0.3 is 11.9 Å². The van der Waals surface area contributed by atoms with Crippen LogP contribution in [0.25, 0.3) is 0 Å². The van der Waals surface area contributed by atoms with Crippen molar-refractivity contribution in [1.82, 2.24) is 0 Å². The third-order valence-electron chi connectivity index (χ3n) is 2.82. The Morgan fingerprint density at radius 2 is 1.86 bits per heavy atom. The van der Waals surface area contributed by atoms with Gasteiger partial charge in [0.25, 0.3) is 0 Å². The minimum absolute atomic E-state index is 0.132. The second-order valence-electron chi connectivity index (χ2n) is 4.66. The van der Waals surface area contributed by atoms with E-state index in [1.165, 1.54) is 12.1 Å². The lowest BCUT2D eigenvalue weighted by molar-refractivity contribution is -0.140. The molecule has 0 aliphatic carbocycles. The molecule has 1 aromatic rings. The van der Waals surface area contributed by atoms with E-state index in [1.807, 2.05) is 0 Å². The predicted molar refractivity (Wildman–Crippen MR) is 80.6 cm³/mol. The van der Waals surface area contributed by atoms with Gasteiger partial charge in [-0.15, -0.1) is 0 Å². The van der Waals surface area contributed by atoms with Crippen LogP contribution in [0.3, 0.4) is 0 Å². The normalized spacial score (nSPS) is 11.9. The fraction of sp³-hybridized carbons (Fsp3) is 0.467. The van der Waals surface area contributed by atoms with Crippen LogP contribution in [0, 0.1) is 0 Å². The number of ether oxygens (including phenoxy) is 1. The molecule has 21 heavy (non-hydrogen) atoms. The van der Waals surface area contributed by atoms with Gasteiger partial charge in [0, 0.05) is 16.6 Å². The molecule has 0 aliphatic heterocycles. The standard InChI is InChI=1S/C15H20O5S/c1-2-3-4-9-20-14(16)11-21(19)10-12-5-7-13(8-6-12)15(17)18/h5-8H,2-4,9-11H2,1H3,(H,17,18). The molecule has 5 nitrogen and oxygen atoms in total. The Balaban J connectivity index is 2.35. The summed E-state index contributed by atoms with van der Waals surface area (Å²) in [7, 11) is -1.35. The van der Waals surface area contributed by atoms with E-state index in [1.54, 1.807) is 12.1 Å². The Hall–Kier alpha value is -1.69. The van der Waals surface area contributed by atoms with Gasteiger partial charge in [-0.2, -0.15) is 0 Å². The monoisotopic (exact) mass is 312 g/mol. The maximum Gasteiger partial charge on any atom is 0.335 e. The van der Waals surface area contributed by atoms with E-state index in [0.717, 1.165) is 24.8 Å². The van der Waals surface area contributed by atoms with Crippen molar-refractivity contribution in [2.45, 2.75) is 31.9 Å². The first-order valence-electron chi connectivity index (χ1n) is 6.85. The topological polar surface area (TPSA) is 80.7 Å². The van der Waals surface area contributed by atoms with Crippen molar-refractivity contribution in [2.24, 2.45) is 0 Å². The Labute approximate surface area is 126 Å². The molecule has 0 aromatic heterocycles. The summed E-state index contributed by atoms with van der Waals surface area (Å²) in [5.74, 6) is -1.37. The van der Waals surface area contributed by atoms with Crippen molar-refractivity contribution >= 4 is 22.7 Å². The fourth-order valence-corrected chi connectivity index (χ4v) is 2.70. The number of carboxylic acid groups (broad SMARTS) is 1. The van der Waals surface area contributed by atoms with E-state index >= 15 is 0 Å². The van der Waals surface area contributed by atoms with Gasteiger partial charge in [0.1, 0.15) is 5.75 Å². The molecule has 0 spiro atoms. The minimum Gasteiger partial charge on any atom is -0.478 e. The molecule has 0 saturated heterocycles. The highest BCUT2D eigenvalue weighted by molar-refractivity contribution is 7.84. The first kappa shape index (κ1) is 17.4. The van der Waals surface area contributed by atoms with Gasteiger partial charge < -0.3 is 9.84 Å². The summed E-state index contributed by atoms with van der Waals surface area (Å²) in [4.78, 5) is 22.2. The van der Waals surface area contributed by atoms with Crippen LogP contribution in [-0.4, -0.2) is 33.6 Å².